The number of aromatic nitrogens is 3. The summed E-state index contributed by atoms with van der Waals surface area (Å²) in [6.07, 6.45) is 2.41. The van der Waals surface area contributed by atoms with Crippen LogP contribution in [0.5, 0.6) is 0 Å². The number of aryl methyl sites for hydroxylation is 1. The number of nitrogens with one attached hydrogen (secondary N) is 1. The van der Waals surface area contributed by atoms with Gasteiger partial charge in [0.1, 0.15) is 5.52 Å². The van der Waals surface area contributed by atoms with E-state index in [0.717, 1.165) is 11.9 Å². The van der Waals surface area contributed by atoms with E-state index in [1.165, 1.54) is 4.88 Å². The Morgan fingerprint density at radius 2 is 2.08 bits per heavy atom. The predicted molar refractivity (Wildman–Crippen MR) is 98.3 cm³/mol. The van der Waals surface area contributed by atoms with Crippen LogP contribution in [-0.4, -0.2) is 26.6 Å². The molecule has 1 aromatic carbocycles. The average molecular weight is 352 g/mol. The standard InChI is InChI=1S/C18H16N4O2S/c1-21-16-11-12(17(23)19-8-6-13-3-2-10-25-13)4-5-14(16)22-15(18(21)24)7-9-20-22/h2-5,7,9-11H,6,8H2,1H3,(H,19,23). The summed E-state index contributed by atoms with van der Waals surface area (Å²) in [4.78, 5) is 26.0. The van der Waals surface area contributed by atoms with Crippen LogP contribution >= 0.6 is 11.3 Å². The number of amides is 1. The number of nitrogens with zero attached hydrogens (tertiary/aromatic N) is 3. The number of carbonyl (C=O) groups excluding carboxylic acids is 1. The van der Waals surface area contributed by atoms with Crippen molar-refractivity contribution in [3.63, 3.8) is 0 Å². The molecule has 25 heavy (non-hydrogen) atoms. The van der Waals surface area contributed by atoms with E-state index in [4.69, 9.17) is 0 Å². The highest BCUT2D eigenvalue weighted by molar-refractivity contribution is 7.09. The average Bonchev–Trinajstić information content (AvgIpc) is 3.31. The second-order valence-corrected chi connectivity index (χ2v) is 6.81. The van der Waals surface area contributed by atoms with Crippen molar-refractivity contribution in [2.45, 2.75) is 6.42 Å². The molecule has 3 aromatic heterocycles. The molecule has 0 atom stereocenters. The van der Waals surface area contributed by atoms with Gasteiger partial charge in [0, 0.05) is 24.0 Å². The first-order valence-corrected chi connectivity index (χ1v) is 8.80. The van der Waals surface area contributed by atoms with Crippen molar-refractivity contribution < 1.29 is 4.79 Å². The van der Waals surface area contributed by atoms with Crippen LogP contribution in [0, 0.1) is 0 Å². The highest BCUT2D eigenvalue weighted by atomic mass is 32.1. The summed E-state index contributed by atoms with van der Waals surface area (Å²) < 4.78 is 3.16. The summed E-state index contributed by atoms with van der Waals surface area (Å²) >= 11 is 1.68. The molecule has 0 spiro atoms. The fourth-order valence-corrected chi connectivity index (χ4v) is 3.62. The van der Waals surface area contributed by atoms with Crippen molar-refractivity contribution in [2.75, 3.05) is 6.54 Å². The van der Waals surface area contributed by atoms with Crippen molar-refractivity contribution in [1.29, 1.82) is 0 Å². The molecule has 0 aliphatic carbocycles. The van der Waals surface area contributed by atoms with Crippen LogP contribution in [0.15, 0.2) is 52.8 Å². The molecular weight excluding hydrogens is 336 g/mol. The maximum Gasteiger partial charge on any atom is 0.276 e. The Kier molecular flexibility index (Phi) is 3.85. The van der Waals surface area contributed by atoms with Gasteiger partial charge in [-0.3, -0.25) is 9.59 Å². The third-order valence-corrected chi connectivity index (χ3v) is 5.17. The second-order valence-electron chi connectivity index (χ2n) is 5.78. The quantitative estimate of drug-likeness (QED) is 0.612. The minimum Gasteiger partial charge on any atom is -0.352 e. The lowest BCUT2D eigenvalue weighted by atomic mass is 10.1. The number of hydrogen-bond acceptors (Lipinski definition) is 4. The second kappa shape index (κ2) is 6.18. The van der Waals surface area contributed by atoms with Gasteiger partial charge in [-0.1, -0.05) is 6.07 Å². The van der Waals surface area contributed by atoms with E-state index < -0.39 is 0 Å². The molecule has 4 rings (SSSR count). The molecular formula is C18H16N4O2S. The zero-order valence-corrected chi connectivity index (χ0v) is 14.4. The molecule has 4 aromatic rings. The first-order valence-electron chi connectivity index (χ1n) is 7.92. The van der Waals surface area contributed by atoms with Gasteiger partial charge in [0.05, 0.1) is 17.2 Å². The first-order chi connectivity index (χ1) is 12.1. The van der Waals surface area contributed by atoms with Crippen LogP contribution in [-0.2, 0) is 13.5 Å². The van der Waals surface area contributed by atoms with Crippen molar-refractivity contribution >= 4 is 33.8 Å². The zero-order chi connectivity index (χ0) is 17.4. The molecule has 0 bridgehead atoms. The highest BCUT2D eigenvalue weighted by Crippen LogP contribution is 2.16. The Balaban J connectivity index is 1.64. The van der Waals surface area contributed by atoms with Crippen LogP contribution in [0.2, 0.25) is 0 Å². The van der Waals surface area contributed by atoms with Gasteiger partial charge in [0.15, 0.2) is 0 Å². The molecule has 0 saturated carbocycles. The molecule has 0 fully saturated rings. The Hall–Kier alpha value is -2.93. The minimum atomic E-state index is -0.147. The normalized spacial score (nSPS) is 11.2. The van der Waals surface area contributed by atoms with E-state index in [0.29, 0.717) is 23.1 Å². The monoisotopic (exact) mass is 352 g/mol. The van der Waals surface area contributed by atoms with E-state index in [2.05, 4.69) is 16.5 Å². The summed E-state index contributed by atoms with van der Waals surface area (Å²) in [6.45, 7) is 0.578. The van der Waals surface area contributed by atoms with Crippen LogP contribution in [0.3, 0.4) is 0 Å². The summed E-state index contributed by atoms with van der Waals surface area (Å²) in [5.74, 6) is -0.147. The van der Waals surface area contributed by atoms with Gasteiger partial charge in [-0.25, -0.2) is 4.52 Å². The number of benzene rings is 1. The fourth-order valence-electron chi connectivity index (χ4n) is 2.91. The van der Waals surface area contributed by atoms with Crippen molar-refractivity contribution in [3.8, 4) is 0 Å². The maximum absolute atomic E-state index is 12.4. The number of hydrogen-bond donors (Lipinski definition) is 1. The summed E-state index contributed by atoms with van der Waals surface area (Å²) in [7, 11) is 1.70. The molecule has 0 unspecified atom stereocenters. The topological polar surface area (TPSA) is 68.4 Å². The Labute approximate surface area is 147 Å². The predicted octanol–water partition coefficient (Wildman–Crippen LogP) is 2.22. The van der Waals surface area contributed by atoms with Crippen LogP contribution in [0.1, 0.15) is 15.2 Å². The lowest BCUT2D eigenvalue weighted by Gasteiger charge is -2.10. The summed E-state index contributed by atoms with van der Waals surface area (Å²) in [5.41, 5.74) is 2.37. The van der Waals surface area contributed by atoms with Gasteiger partial charge in [-0.05, 0) is 42.1 Å². The van der Waals surface area contributed by atoms with Gasteiger partial charge in [-0.15, -0.1) is 11.3 Å². The van der Waals surface area contributed by atoms with Gasteiger partial charge in [-0.2, -0.15) is 5.10 Å². The number of thiophene rings is 1. The van der Waals surface area contributed by atoms with Crippen molar-refractivity contribution in [2.24, 2.45) is 7.05 Å². The number of rotatable bonds is 4. The fraction of sp³-hybridized carbons (Fsp3) is 0.167. The van der Waals surface area contributed by atoms with E-state index in [1.807, 2.05) is 17.5 Å². The van der Waals surface area contributed by atoms with E-state index in [1.54, 1.807) is 51.9 Å². The molecule has 0 aliphatic heterocycles. The third-order valence-electron chi connectivity index (χ3n) is 4.23. The molecule has 0 saturated heterocycles. The van der Waals surface area contributed by atoms with E-state index >= 15 is 0 Å². The molecule has 6 nitrogen and oxygen atoms in total. The van der Waals surface area contributed by atoms with Crippen molar-refractivity contribution in [3.05, 3.63) is 68.8 Å². The van der Waals surface area contributed by atoms with Crippen LogP contribution in [0.4, 0.5) is 0 Å². The molecule has 1 amide bonds. The van der Waals surface area contributed by atoms with Crippen LogP contribution < -0.4 is 10.9 Å². The molecule has 126 valence electrons. The largest absolute Gasteiger partial charge is 0.352 e. The molecule has 3 heterocycles. The molecule has 7 heteroatoms. The van der Waals surface area contributed by atoms with Gasteiger partial charge in [0.2, 0.25) is 0 Å². The van der Waals surface area contributed by atoms with Crippen molar-refractivity contribution in [1.82, 2.24) is 19.5 Å². The smallest absolute Gasteiger partial charge is 0.276 e. The lowest BCUT2D eigenvalue weighted by molar-refractivity contribution is 0.0954. The summed E-state index contributed by atoms with van der Waals surface area (Å²) in [5, 5.41) is 9.16. The van der Waals surface area contributed by atoms with Gasteiger partial charge in [0.25, 0.3) is 11.5 Å². The van der Waals surface area contributed by atoms with Crippen LogP contribution in [0.25, 0.3) is 16.6 Å². The summed E-state index contributed by atoms with van der Waals surface area (Å²) in [6, 6.07) is 11.1. The Bertz CT molecular complexity index is 1130. The molecule has 0 aliphatic rings. The third kappa shape index (κ3) is 2.72. The maximum atomic E-state index is 12.4. The van der Waals surface area contributed by atoms with E-state index in [9.17, 15) is 9.59 Å². The Morgan fingerprint density at radius 3 is 2.88 bits per heavy atom. The van der Waals surface area contributed by atoms with Gasteiger partial charge < -0.3 is 9.88 Å². The lowest BCUT2D eigenvalue weighted by Crippen LogP contribution is -2.26. The zero-order valence-electron chi connectivity index (χ0n) is 13.6. The Morgan fingerprint density at radius 1 is 1.20 bits per heavy atom. The molecule has 0 radical (unpaired) electrons. The first kappa shape index (κ1) is 15.6. The highest BCUT2D eigenvalue weighted by Gasteiger charge is 2.12. The SMILES string of the molecule is Cn1c(=O)c2ccnn2c2ccc(C(=O)NCCc3cccs3)cc21. The minimum absolute atomic E-state index is 0.139. The van der Waals surface area contributed by atoms with E-state index in [-0.39, 0.29) is 11.5 Å². The molecule has 1 N–H and O–H groups in total. The number of carbonyl (C=O) groups is 1. The van der Waals surface area contributed by atoms with Gasteiger partial charge >= 0.3 is 0 Å². The number of fused-ring (bicyclic) bond motifs is 3.